The second kappa shape index (κ2) is 6.87. The minimum absolute atomic E-state index is 0.303. The van der Waals surface area contributed by atoms with Crippen molar-refractivity contribution in [3.8, 4) is 6.07 Å². The van der Waals surface area contributed by atoms with E-state index in [0.29, 0.717) is 11.6 Å². The molecule has 0 aliphatic heterocycles. The first-order valence-electron chi connectivity index (χ1n) is 7.09. The monoisotopic (exact) mass is 280 g/mol. The quantitative estimate of drug-likeness (QED) is 0.912. The maximum absolute atomic E-state index is 8.83. The van der Waals surface area contributed by atoms with Gasteiger partial charge in [0.05, 0.1) is 11.6 Å². The van der Waals surface area contributed by atoms with Crippen LogP contribution >= 0.6 is 0 Å². The van der Waals surface area contributed by atoms with Crippen molar-refractivity contribution in [3.63, 3.8) is 0 Å². The first-order valence-corrected chi connectivity index (χ1v) is 7.09. The summed E-state index contributed by atoms with van der Waals surface area (Å²) in [4.78, 5) is 6.52. The molecule has 1 unspecified atom stereocenters. The fourth-order valence-electron chi connectivity index (χ4n) is 2.17. The summed E-state index contributed by atoms with van der Waals surface area (Å²) in [6, 6.07) is 14.0. The highest BCUT2D eigenvalue weighted by atomic mass is 15.2. The number of nitrogens with zero attached hydrogens (tertiary/aromatic N) is 3. The van der Waals surface area contributed by atoms with Gasteiger partial charge in [0, 0.05) is 25.0 Å². The van der Waals surface area contributed by atoms with Crippen molar-refractivity contribution >= 4 is 11.5 Å². The molecule has 108 valence electrons. The summed E-state index contributed by atoms with van der Waals surface area (Å²) in [5, 5.41) is 12.2. The van der Waals surface area contributed by atoms with Crippen LogP contribution in [0, 0.1) is 11.3 Å². The normalized spacial score (nSPS) is 11.7. The average Bonchev–Trinajstić information content (AvgIpc) is 2.54. The van der Waals surface area contributed by atoms with Gasteiger partial charge in [-0.1, -0.05) is 13.0 Å². The molecule has 1 atom stereocenters. The van der Waals surface area contributed by atoms with Crippen molar-refractivity contribution in [3.05, 3.63) is 53.7 Å². The number of rotatable bonds is 5. The van der Waals surface area contributed by atoms with E-state index < -0.39 is 0 Å². The Bertz CT molecular complexity index is 611. The van der Waals surface area contributed by atoms with Crippen LogP contribution in [0.5, 0.6) is 0 Å². The predicted molar refractivity (Wildman–Crippen MR) is 85.5 cm³/mol. The van der Waals surface area contributed by atoms with Gasteiger partial charge >= 0.3 is 0 Å². The topological polar surface area (TPSA) is 52.0 Å². The molecule has 4 heteroatoms. The predicted octanol–water partition coefficient (Wildman–Crippen LogP) is 3.39. The van der Waals surface area contributed by atoms with Crippen LogP contribution in [-0.2, 0) is 0 Å². The highest BCUT2D eigenvalue weighted by Gasteiger charge is 2.08. The van der Waals surface area contributed by atoms with E-state index in [1.54, 1.807) is 0 Å². The van der Waals surface area contributed by atoms with E-state index in [-0.39, 0.29) is 0 Å². The highest BCUT2D eigenvalue weighted by molar-refractivity contribution is 5.60. The zero-order valence-electron chi connectivity index (χ0n) is 12.7. The molecule has 0 bridgehead atoms. The van der Waals surface area contributed by atoms with Crippen LogP contribution in [-0.4, -0.2) is 18.6 Å². The lowest BCUT2D eigenvalue weighted by atomic mass is 10.1. The molecule has 21 heavy (non-hydrogen) atoms. The molecule has 0 aliphatic carbocycles. The summed E-state index contributed by atoms with van der Waals surface area (Å²) in [7, 11) is 1.97. The van der Waals surface area contributed by atoms with Crippen LogP contribution in [0.1, 0.15) is 31.0 Å². The van der Waals surface area contributed by atoms with Crippen molar-refractivity contribution in [2.24, 2.45) is 0 Å². The van der Waals surface area contributed by atoms with Crippen LogP contribution in [0.4, 0.5) is 11.5 Å². The third kappa shape index (κ3) is 3.59. The summed E-state index contributed by atoms with van der Waals surface area (Å²) in [5.74, 6) is 0.882. The Morgan fingerprint density at radius 1 is 1.24 bits per heavy atom. The molecule has 0 aliphatic rings. The van der Waals surface area contributed by atoms with Crippen molar-refractivity contribution in [2.45, 2.75) is 19.9 Å². The van der Waals surface area contributed by atoms with E-state index in [9.17, 15) is 0 Å². The maximum atomic E-state index is 8.83. The van der Waals surface area contributed by atoms with Gasteiger partial charge in [0.1, 0.15) is 5.82 Å². The molecule has 4 nitrogen and oxygen atoms in total. The molecule has 2 aromatic rings. The number of nitrogens with one attached hydrogen (secondary N) is 1. The Morgan fingerprint density at radius 2 is 1.95 bits per heavy atom. The van der Waals surface area contributed by atoms with Crippen LogP contribution in [0.15, 0.2) is 42.6 Å². The molecule has 0 saturated carbocycles. The number of hydrogen-bond acceptors (Lipinski definition) is 4. The lowest BCUT2D eigenvalue weighted by Gasteiger charge is -2.19. The van der Waals surface area contributed by atoms with Crippen LogP contribution in [0.2, 0.25) is 0 Å². The Balaban J connectivity index is 2.15. The molecule has 0 saturated heterocycles. The van der Waals surface area contributed by atoms with Crippen LogP contribution in [0.25, 0.3) is 0 Å². The van der Waals surface area contributed by atoms with Gasteiger partial charge in [0.15, 0.2) is 0 Å². The number of nitriles is 1. The third-order valence-electron chi connectivity index (χ3n) is 3.51. The van der Waals surface area contributed by atoms with E-state index in [2.05, 4.69) is 36.3 Å². The van der Waals surface area contributed by atoms with Crippen LogP contribution in [0.3, 0.4) is 0 Å². The van der Waals surface area contributed by atoms with E-state index in [4.69, 9.17) is 5.26 Å². The Labute approximate surface area is 126 Å². The molecular formula is C17H20N4. The minimum atomic E-state index is 0.303. The zero-order chi connectivity index (χ0) is 15.2. The summed E-state index contributed by atoms with van der Waals surface area (Å²) in [5.41, 5.74) is 2.85. The van der Waals surface area contributed by atoms with Gasteiger partial charge in [-0.3, -0.25) is 0 Å². The molecule has 0 fully saturated rings. The van der Waals surface area contributed by atoms with Crippen molar-refractivity contribution < 1.29 is 0 Å². The molecule has 1 aromatic heterocycles. The maximum Gasteiger partial charge on any atom is 0.132 e. The SMILES string of the molecule is CCNC(C)c1ccc(N(C)c2ccc(C#N)cc2)nc1. The number of anilines is 2. The van der Waals surface area contributed by atoms with Gasteiger partial charge in [0.2, 0.25) is 0 Å². The van der Waals surface area contributed by atoms with Crippen molar-refractivity contribution in [1.29, 1.82) is 5.26 Å². The molecule has 0 amide bonds. The zero-order valence-corrected chi connectivity index (χ0v) is 12.7. The molecule has 2 rings (SSSR count). The van der Waals surface area contributed by atoms with Gasteiger partial charge in [-0.2, -0.15) is 5.26 Å². The fraction of sp³-hybridized carbons (Fsp3) is 0.294. The summed E-state index contributed by atoms with van der Waals surface area (Å²) in [6.07, 6.45) is 1.91. The summed E-state index contributed by atoms with van der Waals surface area (Å²) >= 11 is 0. The highest BCUT2D eigenvalue weighted by Crippen LogP contribution is 2.23. The van der Waals surface area contributed by atoms with E-state index in [1.807, 2.05) is 48.5 Å². The lowest BCUT2D eigenvalue weighted by Crippen LogP contribution is -2.18. The molecular weight excluding hydrogens is 260 g/mol. The molecule has 1 heterocycles. The summed E-state index contributed by atoms with van der Waals surface area (Å²) in [6.45, 7) is 5.16. The molecule has 0 spiro atoms. The third-order valence-corrected chi connectivity index (χ3v) is 3.51. The van der Waals surface area contributed by atoms with Crippen molar-refractivity contribution in [2.75, 3.05) is 18.5 Å². The van der Waals surface area contributed by atoms with Gasteiger partial charge in [0.25, 0.3) is 0 Å². The molecule has 1 aromatic carbocycles. The van der Waals surface area contributed by atoms with E-state index in [0.717, 1.165) is 18.1 Å². The average molecular weight is 280 g/mol. The number of benzene rings is 1. The van der Waals surface area contributed by atoms with Crippen LogP contribution < -0.4 is 10.2 Å². The minimum Gasteiger partial charge on any atom is -0.329 e. The second-order valence-corrected chi connectivity index (χ2v) is 4.95. The van der Waals surface area contributed by atoms with E-state index in [1.165, 1.54) is 5.56 Å². The second-order valence-electron chi connectivity index (χ2n) is 4.95. The first kappa shape index (κ1) is 15.0. The molecule has 0 radical (unpaired) electrons. The lowest BCUT2D eigenvalue weighted by molar-refractivity contribution is 0.596. The number of hydrogen-bond donors (Lipinski definition) is 1. The Kier molecular flexibility index (Phi) is 4.91. The largest absolute Gasteiger partial charge is 0.329 e. The van der Waals surface area contributed by atoms with Gasteiger partial charge in [-0.05, 0) is 49.4 Å². The fourth-order valence-corrected chi connectivity index (χ4v) is 2.17. The van der Waals surface area contributed by atoms with Gasteiger partial charge in [-0.25, -0.2) is 4.98 Å². The number of aromatic nitrogens is 1. The standard InChI is InChI=1S/C17H20N4/c1-4-19-13(2)15-7-10-17(20-12-15)21(3)16-8-5-14(11-18)6-9-16/h5-10,12-13,19H,4H2,1-3H3. The Hall–Kier alpha value is -2.38. The molecule has 1 N–H and O–H groups in total. The van der Waals surface area contributed by atoms with Crippen molar-refractivity contribution in [1.82, 2.24) is 10.3 Å². The first-order chi connectivity index (χ1) is 10.2. The van der Waals surface area contributed by atoms with E-state index >= 15 is 0 Å². The summed E-state index contributed by atoms with van der Waals surface area (Å²) < 4.78 is 0. The number of pyridine rings is 1. The van der Waals surface area contributed by atoms with Gasteiger partial charge in [-0.15, -0.1) is 0 Å². The smallest absolute Gasteiger partial charge is 0.132 e. The Morgan fingerprint density at radius 3 is 2.48 bits per heavy atom. The van der Waals surface area contributed by atoms with Gasteiger partial charge < -0.3 is 10.2 Å².